The molecule has 2 aromatic carbocycles. The Bertz CT molecular complexity index is 1110. The van der Waals surface area contributed by atoms with E-state index in [-0.39, 0.29) is 18.3 Å². The Morgan fingerprint density at radius 2 is 1.74 bits per heavy atom. The number of ketones is 1. The Morgan fingerprint density at radius 3 is 2.37 bits per heavy atom. The van der Waals surface area contributed by atoms with Gasteiger partial charge in [-0.2, -0.15) is 0 Å². The van der Waals surface area contributed by atoms with Gasteiger partial charge in [0.15, 0.2) is 30.5 Å². The number of anilines is 1. The van der Waals surface area contributed by atoms with Gasteiger partial charge < -0.3 is 24.0 Å². The van der Waals surface area contributed by atoms with Crippen molar-refractivity contribution < 1.29 is 33.0 Å². The number of Topliss-reactive ketones (excluding diaryl/α,β-unsaturated/α-hetero) is 1. The third-order valence-electron chi connectivity index (χ3n) is 5.58. The van der Waals surface area contributed by atoms with E-state index < -0.39 is 18.4 Å². The third kappa shape index (κ3) is 6.81. The van der Waals surface area contributed by atoms with Gasteiger partial charge in [-0.15, -0.1) is 0 Å². The number of carbonyl (C=O) groups is 3. The highest BCUT2D eigenvalue weighted by Gasteiger charge is 2.24. The molecule has 0 aromatic heterocycles. The number of halogens is 1. The topological polar surface area (TPSA) is 85.4 Å². The maximum absolute atomic E-state index is 14.4. The van der Waals surface area contributed by atoms with Gasteiger partial charge in [-0.3, -0.25) is 9.59 Å². The van der Waals surface area contributed by atoms with Crippen molar-refractivity contribution in [1.82, 2.24) is 4.90 Å². The number of allylic oxidation sites excluding steroid dienone is 1. The highest BCUT2D eigenvalue weighted by atomic mass is 19.1. The van der Waals surface area contributed by atoms with Crippen LogP contribution in [0.4, 0.5) is 10.1 Å². The monoisotopic (exact) mass is 484 g/mol. The fourth-order valence-corrected chi connectivity index (χ4v) is 3.69. The first kappa shape index (κ1) is 25.7. The molecular formula is C26H29FN2O6. The Labute approximate surface area is 203 Å². The molecule has 0 saturated carbocycles. The Kier molecular flexibility index (Phi) is 8.83. The van der Waals surface area contributed by atoms with Crippen LogP contribution in [0.1, 0.15) is 29.8 Å². The average molecular weight is 485 g/mol. The number of carbonyl (C=O) groups excluding carboxylic acids is 3. The molecule has 1 aliphatic heterocycles. The summed E-state index contributed by atoms with van der Waals surface area (Å²) in [5, 5.41) is 0. The number of methoxy groups -OCH3 is 1. The highest BCUT2D eigenvalue weighted by molar-refractivity contribution is 5.94. The number of piperazine rings is 1. The van der Waals surface area contributed by atoms with Crippen LogP contribution >= 0.6 is 0 Å². The van der Waals surface area contributed by atoms with Crippen molar-refractivity contribution in [2.45, 2.75) is 13.8 Å². The number of esters is 1. The molecule has 1 fully saturated rings. The number of rotatable bonds is 9. The van der Waals surface area contributed by atoms with Gasteiger partial charge in [-0.25, -0.2) is 9.18 Å². The van der Waals surface area contributed by atoms with Crippen molar-refractivity contribution >= 4 is 29.4 Å². The minimum Gasteiger partial charge on any atom is -0.493 e. The predicted octanol–water partition coefficient (Wildman–Crippen LogP) is 3.34. The van der Waals surface area contributed by atoms with E-state index in [1.165, 1.54) is 20.1 Å². The smallest absolute Gasteiger partial charge is 0.344 e. The van der Waals surface area contributed by atoms with Gasteiger partial charge >= 0.3 is 5.97 Å². The SMILES string of the molecule is C/C=C\c1ccc(OCC(=O)OCC(=O)N2CCN(c3ccc(C(C)=O)cc3F)CC2)c(OC)c1. The number of amides is 1. The first-order chi connectivity index (χ1) is 16.8. The first-order valence-corrected chi connectivity index (χ1v) is 11.2. The van der Waals surface area contributed by atoms with Crippen molar-refractivity contribution in [2.75, 3.05) is 51.4 Å². The lowest BCUT2D eigenvalue weighted by Crippen LogP contribution is -2.50. The van der Waals surface area contributed by atoms with E-state index in [2.05, 4.69) is 0 Å². The molecule has 3 rings (SSSR count). The number of hydrogen-bond donors (Lipinski definition) is 0. The summed E-state index contributed by atoms with van der Waals surface area (Å²) in [6.45, 7) is 4.08. The summed E-state index contributed by atoms with van der Waals surface area (Å²) in [5.41, 5.74) is 1.63. The molecule has 0 unspecified atom stereocenters. The summed E-state index contributed by atoms with van der Waals surface area (Å²) in [4.78, 5) is 39.3. The fraction of sp³-hybridized carbons (Fsp3) is 0.346. The molecule has 0 atom stereocenters. The molecule has 1 heterocycles. The zero-order valence-electron chi connectivity index (χ0n) is 20.1. The summed E-state index contributed by atoms with van der Waals surface area (Å²) in [5.74, 6) is -0.812. The molecule has 8 nitrogen and oxygen atoms in total. The molecule has 0 aliphatic carbocycles. The average Bonchev–Trinajstić information content (AvgIpc) is 2.86. The quantitative estimate of drug-likeness (QED) is 0.399. The summed E-state index contributed by atoms with van der Waals surface area (Å²) in [7, 11) is 1.51. The fourth-order valence-electron chi connectivity index (χ4n) is 3.69. The Morgan fingerprint density at radius 1 is 1.00 bits per heavy atom. The van der Waals surface area contributed by atoms with Crippen molar-refractivity contribution in [3.05, 3.63) is 59.4 Å². The molecule has 9 heteroatoms. The molecular weight excluding hydrogens is 455 g/mol. The van der Waals surface area contributed by atoms with E-state index >= 15 is 0 Å². The van der Waals surface area contributed by atoms with E-state index in [1.807, 2.05) is 30.0 Å². The molecule has 1 saturated heterocycles. The maximum atomic E-state index is 14.4. The van der Waals surface area contributed by atoms with E-state index in [1.54, 1.807) is 29.2 Å². The lowest BCUT2D eigenvalue weighted by atomic mass is 10.1. The Balaban J connectivity index is 1.44. The summed E-state index contributed by atoms with van der Waals surface area (Å²) >= 11 is 0. The lowest BCUT2D eigenvalue weighted by molar-refractivity contribution is -0.153. The number of hydrogen-bond acceptors (Lipinski definition) is 7. The molecule has 186 valence electrons. The van der Waals surface area contributed by atoms with Crippen molar-refractivity contribution in [3.63, 3.8) is 0 Å². The zero-order valence-corrected chi connectivity index (χ0v) is 20.1. The molecule has 1 amide bonds. The minimum absolute atomic E-state index is 0.202. The largest absolute Gasteiger partial charge is 0.493 e. The lowest BCUT2D eigenvalue weighted by Gasteiger charge is -2.36. The Hall–Kier alpha value is -3.88. The molecule has 2 aromatic rings. The predicted molar refractivity (Wildman–Crippen MR) is 129 cm³/mol. The molecule has 0 radical (unpaired) electrons. The standard InChI is InChI=1S/C26H29FN2O6/c1-4-5-19-6-9-23(24(14-19)33-3)34-17-26(32)35-16-25(31)29-12-10-28(11-13-29)22-8-7-20(18(2)30)15-21(22)27/h4-9,14-15H,10-13,16-17H2,1-3H3/b5-4-. The molecule has 0 N–H and O–H groups in total. The van der Waals surface area contributed by atoms with E-state index in [4.69, 9.17) is 14.2 Å². The van der Waals surface area contributed by atoms with Crippen LogP contribution in [0.15, 0.2) is 42.5 Å². The van der Waals surface area contributed by atoms with E-state index in [0.717, 1.165) is 5.56 Å². The van der Waals surface area contributed by atoms with Crippen LogP contribution in [-0.2, 0) is 14.3 Å². The summed E-state index contributed by atoms with van der Waals surface area (Å²) in [6, 6.07) is 9.70. The minimum atomic E-state index is -0.677. The molecule has 0 spiro atoms. The van der Waals surface area contributed by atoms with Gasteiger partial charge in [-0.05, 0) is 49.7 Å². The molecule has 0 bridgehead atoms. The summed E-state index contributed by atoms with van der Waals surface area (Å²) < 4.78 is 30.2. The summed E-state index contributed by atoms with van der Waals surface area (Å²) in [6.07, 6.45) is 3.81. The second-order valence-corrected chi connectivity index (χ2v) is 7.95. The van der Waals surface area contributed by atoms with Crippen molar-refractivity contribution in [1.29, 1.82) is 0 Å². The second kappa shape index (κ2) is 12.0. The van der Waals surface area contributed by atoms with E-state index in [0.29, 0.717) is 48.9 Å². The first-order valence-electron chi connectivity index (χ1n) is 11.2. The normalized spacial score (nSPS) is 13.6. The van der Waals surface area contributed by atoms with Crippen molar-refractivity contribution in [2.24, 2.45) is 0 Å². The number of nitrogens with zero attached hydrogens (tertiary/aromatic N) is 2. The van der Waals surface area contributed by atoms with Gasteiger partial charge in [0.1, 0.15) is 5.82 Å². The van der Waals surface area contributed by atoms with Gasteiger partial charge in [0, 0.05) is 31.7 Å². The molecule has 35 heavy (non-hydrogen) atoms. The van der Waals surface area contributed by atoms with Crippen LogP contribution in [0, 0.1) is 5.82 Å². The van der Waals surface area contributed by atoms with Crippen LogP contribution < -0.4 is 14.4 Å². The van der Waals surface area contributed by atoms with Gasteiger partial charge in [0.25, 0.3) is 5.91 Å². The molecule has 1 aliphatic rings. The van der Waals surface area contributed by atoms with Crippen LogP contribution in [0.25, 0.3) is 6.08 Å². The van der Waals surface area contributed by atoms with Crippen LogP contribution in [0.3, 0.4) is 0 Å². The maximum Gasteiger partial charge on any atom is 0.344 e. The number of ether oxygens (including phenoxy) is 3. The van der Waals surface area contributed by atoms with E-state index in [9.17, 15) is 18.8 Å². The van der Waals surface area contributed by atoms with Crippen molar-refractivity contribution in [3.8, 4) is 11.5 Å². The van der Waals surface area contributed by atoms with Crippen LogP contribution in [0.5, 0.6) is 11.5 Å². The van der Waals surface area contributed by atoms with Crippen LogP contribution in [-0.4, -0.2) is 69.1 Å². The van der Waals surface area contributed by atoms with Gasteiger partial charge in [0.2, 0.25) is 0 Å². The van der Waals surface area contributed by atoms with Gasteiger partial charge in [-0.1, -0.05) is 18.2 Å². The van der Waals surface area contributed by atoms with Crippen LogP contribution in [0.2, 0.25) is 0 Å². The second-order valence-electron chi connectivity index (χ2n) is 7.95. The third-order valence-corrected chi connectivity index (χ3v) is 5.58. The van der Waals surface area contributed by atoms with Gasteiger partial charge in [0.05, 0.1) is 12.8 Å². The number of benzene rings is 2. The zero-order chi connectivity index (χ0) is 25.4. The highest BCUT2D eigenvalue weighted by Crippen LogP contribution is 2.28.